The minimum absolute atomic E-state index is 0.0965. The van der Waals surface area contributed by atoms with Crippen LogP contribution < -0.4 is 0 Å². The molecule has 0 rings (SSSR count). The maximum Gasteiger partial charge on any atom is 0.306 e. The second-order valence-electron chi connectivity index (χ2n) is 21.6. The van der Waals surface area contributed by atoms with E-state index in [4.69, 9.17) is 14.2 Å². The number of hydrogen-bond donors (Lipinski definition) is 0. The standard InChI is InChI=1S/C74H122O6/c1-4-7-10-13-16-19-22-25-28-30-32-33-34-35-36-37-38-39-40-41-42-44-46-49-52-55-58-61-64-67-73(76)79-70-71(69-78-72(75)66-63-60-57-54-51-48-45-27-24-21-18-15-12-9-6-3)80-74(77)68-65-62-59-56-53-50-47-43-31-29-26-23-20-17-14-11-8-5-2/h7,9-10,12,16,18-19,21,25,27-28,32-33,35-36,38-39,41-42,45-46,49,71H,4-6,8,11,13-15,17,20,22-24,26,29-31,34,37,40,43-44,47-48,50-70H2,1-3H3/b10-7-,12-9-,19-16-,21-18-,28-25-,33-32-,36-35-,39-38-,42-41-,45-27-,49-46-. The number of carbonyl (C=O) groups is 3. The van der Waals surface area contributed by atoms with E-state index in [1.165, 1.54) is 96.3 Å². The Morgan fingerprint density at radius 1 is 0.263 bits per heavy atom. The largest absolute Gasteiger partial charge is 0.462 e. The number of unbranched alkanes of at least 4 members (excludes halogenated alkanes) is 26. The zero-order chi connectivity index (χ0) is 57.8. The van der Waals surface area contributed by atoms with Crippen LogP contribution in [0.25, 0.3) is 0 Å². The summed E-state index contributed by atoms with van der Waals surface area (Å²) >= 11 is 0. The van der Waals surface area contributed by atoms with Gasteiger partial charge in [0.05, 0.1) is 0 Å². The molecule has 0 amide bonds. The van der Waals surface area contributed by atoms with Gasteiger partial charge in [0.25, 0.3) is 0 Å². The molecule has 0 radical (unpaired) electrons. The van der Waals surface area contributed by atoms with Crippen LogP contribution in [0, 0.1) is 0 Å². The zero-order valence-corrected chi connectivity index (χ0v) is 52.0. The zero-order valence-electron chi connectivity index (χ0n) is 52.0. The molecule has 0 N–H and O–H groups in total. The average Bonchev–Trinajstić information content (AvgIpc) is 3.46. The quantitative estimate of drug-likeness (QED) is 0.0261. The smallest absolute Gasteiger partial charge is 0.306 e. The first-order valence-corrected chi connectivity index (χ1v) is 33.2. The Morgan fingerprint density at radius 3 is 0.762 bits per heavy atom. The first-order valence-electron chi connectivity index (χ1n) is 33.2. The van der Waals surface area contributed by atoms with Crippen molar-refractivity contribution in [3.8, 4) is 0 Å². The molecule has 454 valence electrons. The number of ether oxygens (including phenoxy) is 3. The van der Waals surface area contributed by atoms with Gasteiger partial charge in [-0.2, -0.15) is 0 Å². The molecule has 1 unspecified atom stereocenters. The molecule has 0 heterocycles. The van der Waals surface area contributed by atoms with Crippen molar-refractivity contribution in [3.63, 3.8) is 0 Å². The lowest BCUT2D eigenvalue weighted by atomic mass is 10.0. The Bertz CT molecular complexity index is 1700. The van der Waals surface area contributed by atoms with Gasteiger partial charge in [0, 0.05) is 19.3 Å². The summed E-state index contributed by atoms with van der Waals surface area (Å²) in [6.45, 7) is 6.40. The molecule has 0 saturated carbocycles. The molecule has 80 heavy (non-hydrogen) atoms. The van der Waals surface area contributed by atoms with Crippen LogP contribution in [0.5, 0.6) is 0 Å². The van der Waals surface area contributed by atoms with E-state index in [0.717, 1.165) is 161 Å². The minimum Gasteiger partial charge on any atom is -0.462 e. The Labute approximate surface area is 494 Å². The fraction of sp³-hybridized carbons (Fsp3) is 0.662. The van der Waals surface area contributed by atoms with E-state index in [1.54, 1.807) is 0 Å². The number of allylic oxidation sites excluding steroid dienone is 22. The highest BCUT2D eigenvalue weighted by atomic mass is 16.6. The summed E-state index contributed by atoms with van der Waals surface area (Å²) in [5.74, 6) is -0.930. The Morgan fingerprint density at radius 2 is 0.487 bits per heavy atom. The Hall–Kier alpha value is -4.45. The van der Waals surface area contributed by atoms with E-state index in [1.807, 2.05) is 0 Å². The first kappa shape index (κ1) is 75.5. The van der Waals surface area contributed by atoms with E-state index in [2.05, 4.69) is 154 Å². The summed E-state index contributed by atoms with van der Waals surface area (Å²) in [4.78, 5) is 38.4. The molecule has 6 heteroatoms. The van der Waals surface area contributed by atoms with E-state index < -0.39 is 6.10 Å². The molecule has 0 aliphatic heterocycles. The van der Waals surface area contributed by atoms with Gasteiger partial charge < -0.3 is 14.2 Å². The molecule has 0 aromatic heterocycles. The topological polar surface area (TPSA) is 78.9 Å². The lowest BCUT2D eigenvalue weighted by molar-refractivity contribution is -0.167. The monoisotopic (exact) mass is 1110 g/mol. The number of rotatable bonds is 59. The third-order valence-electron chi connectivity index (χ3n) is 13.9. The Balaban J connectivity index is 4.41. The highest BCUT2D eigenvalue weighted by molar-refractivity contribution is 5.71. The predicted octanol–water partition coefficient (Wildman–Crippen LogP) is 22.9. The lowest BCUT2D eigenvalue weighted by Gasteiger charge is -2.18. The number of esters is 3. The van der Waals surface area contributed by atoms with Gasteiger partial charge in [0.15, 0.2) is 6.10 Å². The molecule has 1 atom stereocenters. The van der Waals surface area contributed by atoms with Gasteiger partial charge in [-0.05, 0) is 116 Å². The third kappa shape index (κ3) is 64.4. The fourth-order valence-corrected chi connectivity index (χ4v) is 9.00. The van der Waals surface area contributed by atoms with E-state index in [0.29, 0.717) is 19.3 Å². The molecular weight excluding hydrogens is 985 g/mol. The molecule has 0 aromatic carbocycles. The van der Waals surface area contributed by atoms with Gasteiger partial charge in [-0.15, -0.1) is 0 Å². The van der Waals surface area contributed by atoms with Crippen molar-refractivity contribution in [2.24, 2.45) is 0 Å². The van der Waals surface area contributed by atoms with Gasteiger partial charge in [-0.3, -0.25) is 14.4 Å². The van der Waals surface area contributed by atoms with E-state index in [9.17, 15) is 14.4 Å². The summed E-state index contributed by atoms with van der Waals surface area (Å²) in [7, 11) is 0. The van der Waals surface area contributed by atoms with Crippen LogP contribution in [0.2, 0.25) is 0 Å². The van der Waals surface area contributed by atoms with Crippen LogP contribution >= 0.6 is 0 Å². The fourth-order valence-electron chi connectivity index (χ4n) is 9.00. The maximum atomic E-state index is 12.9. The average molecular weight is 1110 g/mol. The summed E-state index contributed by atoms with van der Waals surface area (Å²) in [6, 6.07) is 0. The van der Waals surface area contributed by atoms with Crippen LogP contribution in [0.3, 0.4) is 0 Å². The van der Waals surface area contributed by atoms with Gasteiger partial charge >= 0.3 is 17.9 Å². The summed E-state index contributed by atoms with van der Waals surface area (Å²) < 4.78 is 16.9. The highest BCUT2D eigenvalue weighted by Gasteiger charge is 2.19. The second kappa shape index (κ2) is 67.1. The van der Waals surface area contributed by atoms with Crippen LogP contribution in [-0.2, 0) is 28.6 Å². The lowest BCUT2D eigenvalue weighted by Crippen LogP contribution is -2.30. The van der Waals surface area contributed by atoms with Crippen LogP contribution in [0.4, 0.5) is 0 Å². The second-order valence-corrected chi connectivity index (χ2v) is 21.6. The molecular formula is C74H122O6. The normalized spacial score (nSPS) is 13.0. The summed E-state index contributed by atoms with van der Waals surface area (Å²) in [6.07, 6.45) is 94.6. The molecule has 0 aliphatic carbocycles. The van der Waals surface area contributed by atoms with Gasteiger partial charge in [-0.25, -0.2) is 0 Å². The molecule has 0 saturated heterocycles. The minimum atomic E-state index is -0.800. The molecule has 0 spiro atoms. The molecule has 0 bridgehead atoms. The SMILES string of the molecule is CC/C=C\C/C=C\C/C=C\C/C=C\C/C=C\C/C=C\C/C=C\C/C=C\CCCCCCC(=O)OCC(COC(=O)CCCCCCC/C=C\C/C=C\C/C=C\CC)OC(=O)CCCCCCCCCCCCCCCCCCCC. The molecule has 0 aliphatic rings. The van der Waals surface area contributed by atoms with Crippen LogP contribution in [0.15, 0.2) is 134 Å². The maximum absolute atomic E-state index is 12.9. The van der Waals surface area contributed by atoms with Crippen molar-refractivity contribution >= 4 is 17.9 Å². The van der Waals surface area contributed by atoms with Crippen molar-refractivity contribution in [1.29, 1.82) is 0 Å². The van der Waals surface area contributed by atoms with Crippen molar-refractivity contribution in [2.75, 3.05) is 13.2 Å². The third-order valence-corrected chi connectivity index (χ3v) is 13.9. The van der Waals surface area contributed by atoms with Crippen LogP contribution in [0.1, 0.15) is 297 Å². The molecule has 6 nitrogen and oxygen atoms in total. The molecule has 0 aromatic rings. The first-order chi connectivity index (χ1) is 39.5. The number of hydrogen-bond acceptors (Lipinski definition) is 6. The molecule has 0 fully saturated rings. The van der Waals surface area contributed by atoms with Gasteiger partial charge in [0.2, 0.25) is 0 Å². The van der Waals surface area contributed by atoms with E-state index >= 15 is 0 Å². The summed E-state index contributed by atoms with van der Waals surface area (Å²) in [5, 5.41) is 0. The number of carbonyl (C=O) groups excluding carboxylic acids is 3. The van der Waals surface area contributed by atoms with Gasteiger partial charge in [0.1, 0.15) is 13.2 Å². The van der Waals surface area contributed by atoms with Crippen molar-refractivity contribution in [2.45, 2.75) is 303 Å². The van der Waals surface area contributed by atoms with Crippen LogP contribution in [-0.4, -0.2) is 37.2 Å². The van der Waals surface area contributed by atoms with Crippen molar-refractivity contribution in [3.05, 3.63) is 134 Å². The summed E-state index contributed by atoms with van der Waals surface area (Å²) in [5.41, 5.74) is 0. The van der Waals surface area contributed by atoms with E-state index in [-0.39, 0.29) is 31.1 Å². The Kier molecular flexibility index (Phi) is 63.3. The predicted molar refractivity (Wildman–Crippen MR) is 348 cm³/mol. The van der Waals surface area contributed by atoms with Gasteiger partial charge in [-0.1, -0.05) is 296 Å². The van der Waals surface area contributed by atoms with Crippen molar-refractivity contribution < 1.29 is 28.6 Å². The van der Waals surface area contributed by atoms with Crippen molar-refractivity contribution in [1.82, 2.24) is 0 Å². The highest BCUT2D eigenvalue weighted by Crippen LogP contribution is 2.16.